The van der Waals surface area contributed by atoms with E-state index < -0.39 is 10.5 Å². The van der Waals surface area contributed by atoms with E-state index >= 15 is 0 Å². The first-order valence-electron chi connectivity index (χ1n) is 12.3. The Morgan fingerprint density at radius 2 is 1.92 bits per heavy atom. The minimum atomic E-state index is -5.23. The van der Waals surface area contributed by atoms with E-state index in [2.05, 4.69) is 30.0 Å². The van der Waals surface area contributed by atoms with E-state index in [-0.39, 0.29) is 17.2 Å². The molecule has 0 amide bonds. The number of nitrogens with one attached hydrogen (secondary N) is 2. The van der Waals surface area contributed by atoms with E-state index in [4.69, 9.17) is 11.2 Å². The maximum atomic E-state index is 14.0. The summed E-state index contributed by atoms with van der Waals surface area (Å²) in [5.41, 5.74) is 3.63. The Labute approximate surface area is 223 Å². The van der Waals surface area contributed by atoms with Gasteiger partial charge in [-0.1, -0.05) is 15.9 Å². The van der Waals surface area contributed by atoms with E-state index in [1.54, 1.807) is 6.07 Å². The molecule has 2 N–H and O–H groups in total. The van der Waals surface area contributed by atoms with Crippen molar-refractivity contribution in [3.8, 4) is 35.0 Å². The van der Waals surface area contributed by atoms with Gasteiger partial charge in [0, 0.05) is 39.8 Å². The smallest absolute Gasteiger partial charge is 0.488 e. The Morgan fingerprint density at radius 1 is 1.13 bits per heavy atom. The van der Waals surface area contributed by atoms with Crippen molar-refractivity contribution in [2.24, 2.45) is 0 Å². The molecule has 0 spiro atoms. The lowest BCUT2D eigenvalue weighted by molar-refractivity contribution is 0.381. The average Bonchev–Trinajstić information content (AvgIpc) is 3.31. The Hall–Kier alpha value is -4.40. The highest BCUT2D eigenvalue weighted by Crippen LogP contribution is 2.38. The molecule has 6 rings (SSSR count). The number of hydrogen-bond donors (Lipinski definition) is 2. The molecule has 9 nitrogen and oxygen atoms in total. The Morgan fingerprint density at radius 3 is 2.64 bits per heavy atom. The van der Waals surface area contributed by atoms with Crippen molar-refractivity contribution in [2.45, 2.75) is 18.9 Å². The third kappa shape index (κ3) is 4.37. The summed E-state index contributed by atoms with van der Waals surface area (Å²) in [4.78, 5) is 21.5. The monoisotopic (exact) mass is 546 g/mol. The number of fused-ring (bicyclic) bond motifs is 4. The zero-order valence-electron chi connectivity index (χ0n) is 20.8. The molecule has 5 aromatic rings. The fourth-order valence-electron chi connectivity index (χ4n) is 5.45. The molecule has 0 saturated carbocycles. The zero-order chi connectivity index (χ0) is 27.3. The minimum Gasteiger partial charge on any atom is -0.496 e. The van der Waals surface area contributed by atoms with E-state index in [0.717, 1.165) is 43.0 Å². The highest BCUT2D eigenvalue weighted by Gasteiger charge is 2.25. The average molecular weight is 547 g/mol. The molecule has 1 fully saturated rings. The maximum absolute atomic E-state index is 14.0. The Kier molecular flexibility index (Phi) is 6.01. The number of halogens is 1. The van der Waals surface area contributed by atoms with Crippen molar-refractivity contribution >= 4 is 43.3 Å². The van der Waals surface area contributed by atoms with Gasteiger partial charge >= 0.3 is 10.5 Å². The standard InChI is InChI=1S/C28H23FN4O5S/c1-3-16-4-5-20-23(10-16)32-28-26(20)27(34)22-13-25(37-2)21(12-24(22)33(28)18-6-8-30-9-7-18)17-11-19(15-31-14-17)38-39(29,35)36/h1,4-5,10-15,18,30,32H,6-9H2,2H3. The second-order valence-electron chi connectivity index (χ2n) is 9.39. The van der Waals surface area contributed by atoms with Gasteiger partial charge in [-0.2, -0.15) is 8.42 Å². The summed E-state index contributed by atoms with van der Waals surface area (Å²) < 4.78 is 47.5. The molecule has 4 heterocycles. The number of terminal acetylenes is 1. The second-order valence-corrected chi connectivity index (χ2v) is 10.3. The van der Waals surface area contributed by atoms with E-state index in [1.165, 1.54) is 19.4 Å². The third-order valence-electron chi connectivity index (χ3n) is 7.13. The number of pyridine rings is 2. The number of benzene rings is 2. The molecule has 3 aromatic heterocycles. The van der Waals surface area contributed by atoms with Gasteiger partial charge in [-0.15, -0.1) is 6.42 Å². The number of methoxy groups -OCH3 is 1. The number of rotatable bonds is 5. The third-order valence-corrected chi connectivity index (χ3v) is 7.52. The first kappa shape index (κ1) is 24.9. The van der Waals surface area contributed by atoms with Crippen molar-refractivity contribution < 1.29 is 21.2 Å². The molecule has 39 heavy (non-hydrogen) atoms. The van der Waals surface area contributed by atoms with Crippen LogP contribution < -0.4 is 19.7 Å². The number of piperidine rings is 1. The zero-order valence-corrected chi connectivity index (χ0v) is 21.6. The molecule has 11 heteroatoms. The van der Waals surface area contributed by atoms with Crippen molar-refractivity contribution in [1.82, 2.24) is 19.9 Å². The molecule has 198 valence electrons. The molecular formula is C28H23FN4O5S. The normalized spacial score (nSPS) is 14.6. The highest BCUT2D eigenvalue weighted by molar-refractivity contribution is 7.81. The summed E-state index contributed by atoms with van der Waals surface area (Å²) in [5, 5.41) is 5.20. The molecular weight excluding hydrogens is 523 g/mol. The van der Waals surface area contributed by atoms with Gasteiger partial charge in [0.2, 0.25) is 0 Å². The van der Waals surface area contributed by atoms with Gasteiger partial charge in [-0.05, 0) is 56.3 Å². The van der Waals surface area contributed by atoms with E-state index in [9.17, 15) is 17.1 Å². The predicted octanol–water partition coefficient (Wildman–Crippen LogP) is 4.21. The highest BCUT2D eigenvalue weighted by atomic mass is 32.3. The van der Waals surface area contributed by atoms with Gasteiger partial charge in [0.1, 0.15) is 11.4 Å². The molecule has 1 aliphatic heterocycles. The molecule has 0 atom stereocenters. The van der Waals surface area contributed by atoms with Crippen LogP contribution in [0.3, 0.4) is 0 Å². The van der Waals surface area contributed by atoms with Crippen LogP contribution in [0.15, 0.2) is 53.6 Å². The summed E-state index contributed by atoms with van der Waals surface area (Å²) in [5.74, 6) is 2.72. The number of H-pyrrole nitrogens is 1. The first-order chi connectivity index (χ1) is 18.8. The van der Waals surface area contributed by atoms with Crippen LogP contribution in [0.2, 0.25) is 0 Å². The SMILES string of the molecule is C#Cc1ccc2c(c1)[nH]c1c2c(=O)c2cc(OC)c(-c3cncc(OS(=O)(=O)F)c3)cc2n1C1CCNCC1. The van der Waals surface area contributed by atoms with E-state index in [0.29, 0.717) is 44.4 Å². The van der Waals surface area contributed by atoms with Crippen LogP contribution in [0.4, 0.5) is 3.89 Å². The van der Waals surface area contributed by atoms with Crippen molar-refractivity contribution in [3.63, 3.8) is 0 Å². The number of aromatic nitrogens is 3. The number of nitrogens with zero attached hydrogens (tertiary/aromatic N) is 2. The Balaban J connectivity index is 1.69. The van der Waals surface area contributed by atoms with Gasteiger partial charge in [-0.3, -0.25) is 9.78 Å². The lowest BCUT2D eigenvalue weighted by Crippen LogP contribution is -2.30. The summed E-state index contributed by atoms with van der Waals surface area (Å²) >= 11 is 0. The lowest BCUT2D eigenvalue weighted by Gasteiger charge is -2.28. The molecule has 0 radical (unpaired) electrons. The molecule has 1 saturated heterocycles. The van der Waals surface area contributed by atoms with Gasteiger partial charge < -0.3 is 23.8 Å². The van der Waals surface area contributed by atoms with Crippen LogP contribution in [-0.2, 0) is 10.5 Å². The largest absolute Gasteiger partial charge is 0.496 e. The number of hydrogen-bond acceptors (Lipinski definition) is 7. The van der Waals surface area contributed by atoms with Crippen LogP contribution in [0.1, 0.15) is 24.4 Å². The summed E-state index contributed by atoms with van der Waals surface area (Å²) in [6, 6.07) is 10.5. The second kappa shape index (κ2) is 9.41. The summed E-state index contributed by atoms with van der Waals surface area (Å²) in [6.07, 6.45) is 9.89. The molecule has 2 aromatic carbocycles. The van der Waals surface area contributed by atoms with Crippen molar-refractivity contribution in [3.05, 3.63) is 64.6 Å². The van der Waals surface area contributed by atoms with Crippen LogP contribution >= 0.6 is 0 Å². The summed E-state index contributed by atoms with van der Waals surface area (Å²) in [6.45, 7) is 1.65. The first-order valence-corrected chi connectivity index (χ1v) is 13.6. The van der Waals surface area contributed by atoms with Gasteiger partial charge in [0.25, 0.3) is 0 Å². The molecule has 0 unspecified atom stereocenters. The van der Waals surface area contributed by atoms with Crippen LogP contribution in [0, 0.1) is 12.3 Å². The van der Waals surface area contributed by atoms with Crippen LogP contribution in [0.5, 0.6) is 11.5 Å². The Bertz CT molecular complexity index is 1990. The van der Waals surface area contributed by atoms with Gasteiger partial charge in [0.05, 0.1) is 29.6 Å². The van der Waals surface area contributed by atoms with Gasteiger partial charge in [-0.25, -0.2) is 0 Å². The molecule has 0 bridgehead atoms. The van der Waals surface area contributed by atoms with E-state index in [1.807, 2.05) is 24.3 Å². The molecule has 1 aliphatic rings. The fourth-order valence-corrected chi connectivity index (χ4v) is 5.77. The predicted molar refractivity (Wildman–Crippen MR) is 147 cm³/mol. The fraction of sp³-hybridized carbons (Fsp3) is 0.214. The number of ether oxygens (including phenoxy) is 1. The minimum absolute atomic E-state index is 0.0859. The summed E-state index contributed by atoms with van der Waals surface area (Å²) in [7, 11) is -3.76. The van der Waals surface area contributed by atoms with Crippen LogP contribution in [0.25, 0.3) is 44.0 Å². The number of aromatic amines is 1. The van der Waals surface area contributed by atoms with Crippen LogP contribution in [-0.4, -0.2) is 43.2 Å². The lowest BCUT2D eigenvalue weighted by atomic mass is 9.99. The quantitative estimate of drug-likeness (QED) is 0.251. The maximum Gasteiger partial charge on any atom is 0.488 e. The van der Waals surface area contributed by atoms with Gasteiger partial charge in [0.15, 0.2) is 11.2 Å². The van der Waals surface area contributed by atoms with Crippen molar-refractivity contribution in [1.29, 1.82) is 0 Å². The topological polar surface area (TPSA) is 115 Å². The van der Waals surface area contributed by atoms with Crippen molar-refractivity contribution in [2.75, 3.05) is 20.2 Å². The molecule has 0 aliphatic carbocycles.